The Bertz CT molecular complexity index is 166. The molecule has 0 amide bonds. The summed E-state index contributed by atoms with van der Waals surface area (Å²) in [4.78, 5) is 10.3. The summed E-state index contributed by atoms with van der Waals surface area (Å²) >= 11 is 0. The Balaban J connectivity index is 3.85. The number of rotatable bonds is 3. The zero-order chi connectivity index (χ0) is 9.02. The number of amidine groups is 1. The Labute approximate surface area is 66.1 Å². The number of carbonyl (C=O) groups is 1. The molecule has 3 N–H and O–H groups in total. The Hall–Kier alpha value is -1.06. The first-order valence-corrected chi connectivity index (χ1v) is 3.53. The molecule has 0 saturated carbocycles. The first kappa shape index (κ1) is 9.94. The quantitative estimate of drug-likeness (QED) is 0.417. The molecule has 0 spiro atoms. The predicted molar refractivity (Wildman–Crippen MR) is 42.8 cm³/mol. The molecule has 1 unspecified atom stereocenters. The van der Waals surface area contributed by atoms with Crippen LogP contribution in [0, 0.1) is 11.3 Å². The van der Waals surface area contributed by atoms with Gasteiger partial charge in [-0.2, -0.15) is 0 Å². The maximum Gasteiger partial charge on any atom is 0.325 e. The Morgan fingerprint density at radius 1 is 1.45 bits per heavy atom. The predicted octanol–water partition coefficient (Wildman–Crippen LogP) is 0.682. The largest absolute Gasteiger partial charge is 0.480 e. The number of carboxylic acid groups (broad SMARTS) is 1. The van der Waals surface area contributed by atoms with Crippen molar-refractivity contribution in [2.75, 3.05) is 0 Å². The van der Waals surface area contributed by atoms with E-state index in [1.165, 1.54) is 6.92 Å². The molecule has 0 aromatic heterocycles. The molecule has 0 aromatic rings. The number of hydrogen-bond donors (Lipinski definition) is 3. The van der Waals surface area contributed by atoms with Crippen LogP contribution < -0.4 is 5.32 Å². The van der Waals surface area contributed by atoms with E-state index < -0.39 is 12.0 Å². The summed E-state index contributed by atoms with van der Waals surface area (Å²) in [5, 5.41) is 18.3. The molecule has 0 heterocycles. The van der Waals surface area contributed by atoms with Gasteiger partial charge in [-0.05, 0) is 6.92 Å². The van der Waals surface area contributed by atoms with Crippen LogP contribution >= 0.6 is 0 Å². The van der Waals surface area contributed by atoms with Crippen molar-refractivity contribution < 1.29 is 9.90 Å². The van der Waals surface area contributed by atoms with Gasteiger partial charge in [0.15, 0.2) is 0 Å². The van der Waals surface area contributed by atoms with Gasteiger partial charge in [0.05, 0.1) is 5.84 Å². The van der Waals surface area contributed by atoms with Crippen molar-refractivity contribution in [2.24, 2.45) is 5.92 Å². The number of aliphatic carboxylic acids is 1. The minimum absolute atomic E-state index is 0.0526. The third-order valence-corrected chi connectivity index (χ3v) is 1.32. The van der Waals surface area contributed by atoms with Crippen LogP contribution in [0.2, 0.25) is 0 Å². The van der Waals surface area contributed by atoms with Gasteiger partial charge in [0.1, 0.15) is 6.04 Å². The van der Waals surface area contributed by atoms with Gasteiger partial charge in [-0.3, -0.25) is 10.2 Å². The number of hydrogen-bond acceptors (Lipinski definition) is 2. The lowest BCUT2D eigenvalue weighted by atomic mass is 10.2. The Kier molecular flexibility index (Phi) is 3.57. The number of carboxylic acids is 1. The summed E-state index contributed by atoms with van der Waals surface area (Å²) in [6.07, 6.45) is 0. The van der Waals surface area contributed by atoms with Gasteiger partial charge in [0, 0.05) is 5.92 Å². The molecule has 0 aromatic carbocycles. The molecule has 64 valence electrons. The summed E-state index contributed by atoms with van der Waals surface area (Å²) in [6.45, 7) is 5.19. The second-order valence-corrected chi connectivity index (χ2v) is 2.77. The van der Waals surface area contributed by atoms with Crippen LogP contribution in [0.15, 0.2) is 0 Å². The monoisotopic (exact) mass is 158 g/mol. The van der Waals surface area contributed by atoms with E-state index in [9.17, 15) is 4.79 Å². The fourth-order valence-electron chi connectivity index (χ4n) is 0.462. The van der Waals surface area contributed by atoms with Gasteiger partial charge in [0.25, 0.3) is 0 Å². The smallest absolute Gasteiger partial charge is 0.325 e. The highest BCUT2D eigenvalue weighted by Gasteiger charge is 2.12. The van der Waals surface area contributed by atoms with Gasteiger partial charge < -0.3 is 10.4 Å². The average Bonchev–Trinajstić information content (AvgIpc) is 1.87. The topological polar surface area (TPSA) is 73.2 Å². The third kappa shape index (κ3) is 3.60. The van der Waals surface area contributed by atoms with Gasteiger partial charge in [0.2, 0.25) is 0 Å². The molecule has 4 heteroatoms. The van der Waals surface area contributed by atoms with Crippen molar-refractivity contribution in [1.29, 1.82) is 5.41 Å². The fraction of sp³-hybridized carbons (Fsp3) is 0.714. The first-order chi connectivity index (χ1) is 4.95. The minimum atomic E-state index is -0.935. The van der Waals surface area contributed by atoms with Gasteiger partial charge >= 0.3 is 5.97 Å². The highest BCUT2D eigenvalue weighted by molar-refractivity contribution is 5.86. The lowest BCUT2D eigenvalue weighted by Crippen LogP contribution is -2.40. The normalized spacial score (nSPS) is 12.7. The van der Waals surface area contributed by atoms with Crippen molar-refractivity contribution in [3.63, 3.8) is 0 Å². The minimum Gasteiger partial charge on any atom is -0.480 e. The molecule has 0 saturated heterocycles. The maximum absolute atomic E-state index is 10.3. The van der Waals surface area contributed by atoms with Crippen LogP contribution in [0.1, 0.15) is 20.8 Å². The second-order valence-electron chi connectivity index (χ2n) is 2.77. The van der Waals surface area contributed by atoms with E-state index in [2.05, 4.69) is 5.32 Å². The molecule has 0 aliphatic rings. The van der Waals surface area contributed by atoms with Crippen LogP contribution in [0.5, 0.6) is 0 Å². The summed E-state index contributed by atoms with van der Waals surface area (Å²) < 4.78 is 0. The molecule has 0 bridgehead atoms. The SMILES string of the molecule is CC(C)C(=N)NC(C)C(=O)O. The summed E-state index contributed by atoms with van der Waals surface area (Å²) in [7, 11) is 0. The molecule has 0 fully saturated rings. The van der Waals surface area contributed by atoms with E-state index in [1.807, 2.05) is 13.8 Å². The number of nitrogens with one attached hydrogen (secondary N) is 2. The summed E-state index contributed by atoms with van der Waals surface area (Å²) in [5.74, 6) is -0.618. The van der Waals surface area contributed by atoms with Crippen LogP contribution in [-0.2, 0) is 4.79 Å². The fourth-order valence-corrected chi connectivity index (χ4v) is 0.462. The van der Waals surface area contributed by atoms with Gasteiger partial charge in [-0.15, -0.1) is 0 Å². The van der Waals surface area contributed by atoms with Crippen LogP contribution in [-0.4, -0.2) is 23.0 Å². The van der Waals surface area contributed by atoms with Gasteiger partial charge in [-0.25, -0.2) is 0 Å². The van der Waals surface area contributed by atoms with E-state index in [0.717, 1.165) is 0 Å². The molecule has 0 rings (SSSR count). The van der Waals surface area contributed by atoms with Crippen LogP contribution in [0.3, 0.4) is 0 Å². The molecule has 1 atom stereocenters. The van der Waals surface area contributed by atoms with E-state index in [0.29, 0.717) is 0 Å². The summed E-state index contributed by atoms with van der Waals surface area (Å²) in [6, 6.07) is -0.676. The van der Waals surface area contributed by atoms with Crippen LogP contribution in [0.4, 0.5) is 0 Å². The van der Waals surface area contributed by atoms with Crippen molar-refractivity contribution in [1.82, 2.24) is 5.32 Å². The molecular formula is C7H14N2O2. The molecule has 11 heavy (non-hydrogen) atoms. The van der Waals surface area contributed by atoms with Crippen molar-refractivity contribution in [2.45, 2.75) is 26.8 Å². The van der Waals surface area contributed by atoms with Gasteiger partial charge in [-0.1, -0.05) is 13.8 Å². The molecule has 4 nitrogen and oxygen atoms in total. The summed E-state index contributed by atoms with van der Waals surface area (Å²) in [5.41, 5.74) is 0. The maximum atomic E-state index is 10.3. The van der Waals surface area contributed by atoms with Crippen molar-refractivity contribution in [3.8, 4) is 0 Å². The highest BCUT2D eigenvalue weighted by atomic mass is 16.4. The van der Waals surface area contributed by atoms with Crippen molar-refractivity contribution in [3.05, 3.63) is 0 Å². The lowest BCUT2D eigenvalue weighted by Gasteiger charge is -2.13. The Morgan fingerprint density at radius 3 is 2.18 bits per heavy atom. The zero-order valence-electron chi connectivity index (χ0n) is 7.01. The van der Waals surface area contributed by atoms with E-state index >= 15 is 0 Å². The molecule has 0 radical (unpaired) electrons. The molecule has 0 aliphatic carbocycles. The molecule has 0 aliphatic heterocycles. The Morgan fingerprint density at radius 2 is 1.91 bits per heavy atom. The molecular weight excluding hydrogens is 144 g/mol. The van der Waals surface area contributed by atoms with E-state index in [4.69, 9.17) is 10.5 Å². The van der Waals surface area contributed by atoms with Crippen LogP contribution in [0.25, 0.3) is 0 Å². The highest BCUT2D eigenvalue weighted by Crippen LogP contribution is 1.92. The zero-order valence-corrected chi connectivity index (χ0v) is 7.01. The first-order valence-electron chi connectivity index (χ1n) is 3.53. The van der Waals surface area contributed by atoms with E-state index in [-0.39, 0.29) is 11.8 Å². The van der Waals surface area contributed by atoms with E-state index in [1.54, 1.807) is 0 Å². The van der Waals surface area contributed by atoms with Crippen molar-refractivity contribution >= 4 is 11.8 Å². The lowest BCUT2D eigenvalue weighted by molar-refractivity contribution is -0.138. The second kappa shape index (κ2) is 3.95. The standard InChI is InChI=1S/C7H14N2O2/c1-4(2)6(8)9-5(3)7(10)11/h4-5H,1-3H3,(H2,8,9)(H,10,11). The third-order valence-electron chi connectivity index (χ3n) is 1.32. The average molecular weight is 158 g/mol.